The summed E-state index contributed by atoms with van der Waals surface area (Å²) in [6.07, 6.45) is 1.25. The van der Waals surface area contributed by atoms with Gasteiger partial charge in [0.15, 0.2) is 0 Å². The van der Waals surface area contributed by atoms with Crippen molar-refractivity contribution in [1.29, 1.82) is 0 Å². The highest BCUT2D eigenvalue weighted by Crippen LogP contribution is 2.21. The maximum atomic E-state index is 11.9. The van der Waals surface area contributed by atoms with Crippen LogP contribution in [0.25, 0.3) is 0 Å². The number of hydrogen-bond acceptors (Lipinski definition) is 2. The predicted molar refractivity (Wildman–Crippen MR) is 83.1 cm³/mol. The van der Waals surface area contributed by atoms with Crippen LogP contribution in [-0.4, -0.2) is 41.6 Å². The van der Waals surface area contributed by atoms with Crippen LogP contribution in [0, 0.1) is 0 Å². The highest BCUT2D eigenvalue weighted by Gasteiger charge is 2.15. The lowest BCUT2D eigenvalue weighted by molar-refractivity contribution is -0.137. The minimum Gasteiger partial charge on any atom is -0.480 e. The first-order chi connectivity index (χ1) is 9.93. The van der Waals surface area contributed by atoms with Crippen LogP contribution in [0.1, 0.15) is 18.9 Å². The summed E-state index contributed by atoms with van der Waals surface area (Å²) in [6.45, 7) is 2.36. The molecule has 0 aliphatic rings. The Morgan fingerprint density at radius 2 is 2.05 bits per heavy atom. The second-order valence-corrected chi connectivity index (χ2v) is 5.38. The third-order valence-electron chi connectivity index (χ3n) is 2.79. The van der Waals surface area contributed by atoms with Crippen LogP contribution >= 0.6 is 23.2 Å². The molecule has 2 N–H and O–H groups in total. The number of carbonyl (C=O) groups is 2. The zero-order chi connectivity index (χ0) is 15.8. The van der Waals surface area contributed by atoms with Crippen molar-refractivity contribution in [2.75, 3.05) is 19.6 Å². The minimum atomic E-state index is -1.03. The van der Waals surface area contributed by atoms with E-state index in [0.717, 1.165) is 5.56 Å². The molecule has 5 nitrogen and oxygen atoms in total. The fourth-order valence-corrected chi connectivity index (χ4v) is 2.33. The number of nitrogens with one attached hydrogen (secondary N) is 1. The summed E-state index contributed by atoms with van der Waals surface area (Å²) in [5.74, 6) is -1.03. The van der Waals surface area contributed by atoms with E-state index in [1.54, 1.807) is 18.2 Å². The molecular formula is C14H18Cl2N2O3. The highest BCUT2D eigenvalue weighted by atomic mass is 35.5. The zero-order valence-electron chi connectivity index (χ0n) is 11.7. The van der Waals surface area contributed by atoms with E-state index in [4.69, 9.17) is 28.3 Å². The number of carbonyl (C=O) groups excluding carboxylic acids is 1. The van der Waals surface area contributed by atoms with Gasteiger partial charge in [0.2, 0.25) is 0 Å². The second kappa shape index (κ2) is 8.74. The Kier molecular flexibility index (Phi) is 7.32. The van der Waals surface area contributed by atoms with Crippen LogP contribution in [0.2, 0.25) is 10.0 Å². The van der Waals surface area contributed by atoms with Gasteiger partial charge in [-0.3, -0.25) is 4.79 Å². The van der Waals surface area contributed by atoms with Gasteiger partial charge in [0.1, 0.15) is 6.54 Å². The molecule has 0 aliphatic carbocycles. The average Bonchev–Trinajstić information content (AvgIpc) is 2.40. The van der Waals surface area contributed by atoms with Gasteiger partial charge in [0.05, 0.1) is 0 Å². The number of rotatable bonds is 7. The Labute approximate surface area is 133 Å². The molecule has 21 heavy (non-hydrogen) atoms. The van der Waals surface area contributed by atoms with Crippen LogP contribution < -0.4 is 5.32 Å². The van der Waals surface area contributed by atoms with Crippen LogP contribution in [0.3, 0.4) is 0 Å². The molecule has 1 aromatic carbocycles. The molecule has 0 aliphatic heterocycles. The van der Waals surface area contributed by atoms with E-state index in [9.17, 15) is 9.59 Å². The Morgan fingerprint density at radius 1 is 1.33 bits per heavy atom. The largest absolute Gasteiger partial charge is 0.480 e. The molecule has 116 valence electrons. The van der Waals surface area contributed by atoms with Gasteiger partial charge in [-0.15, -0.1) is 0 Å². The smallest absolute Gasteiger partial charge is 0.323 e. The fourth-order valence-electron chi connectivity index (χ4n) is 1.83. The normalized spacial score (nSPS) is 10.2. The van der Waals surface area contributed by atoms with Gasteiger partial charge in [-0.2, -0.15) is 0 Å². The summed E-state index contributed by atoms with van der Waals surface area (Å²) >= 11 is 11.9. The Bertz CT molecular complexity index is 509. The Balaban J connectivity index is 2.49. The second-order valence-electron chi connectivity index (χ2n) is 4.53. The van der Waals surface area contributed by atoms with Gasteiger partial charge >= 0.3 is 12.0 Å². The molecule has 0 heterocycles. The Hall–Kier alpha value is -1.46. The van der Waals surface area contributed by atoms with Gasteiger partial charge in [0.25, 0.3) is 0 Å². The molecule has 0 atom stereocenters. The monoisotopic (exact) mass is 332 g/mol. The van der Waals surface area contributed by atoms with Crippen LogP contribution in [0.15, 0.2) is 18.2 Å². The first kappa shape index (κ1) is 17.6. The molecule has 1 aromatic rings. The molecule has 1 rings (SSSR count). The van der Waals surface area contributed by atoms with Gasteiger partial charge in [-0.25, -0.2) is 4.79 Å². The van der Waals surface area contributed by atoms with Crippen LogP contribution in [-0.2, 0) is 11.2 Å². The number of hydrogen-bond donors (Lipinski definition) is 2. The first-order valence-corrected chi connectivity index (χ1v) is 7.38. The summed E-state index contributed by atoms with van der Waals surface area (Å²) in [4.78, 5) is 23.9. The molecule has 0 fully saturated rings. The lowest BCUT2D eigenvalue weighted by Gasteiger charge is -2.20. The number of aliphatic carboxylic acids is 1. The third-order valence-corrected chi connectivity index (χ3v) is 3.38. The van der Waals surface area contributed by atoms with E-state index in [2.05, 4.69) is 5.32 Å². The zero-order valence-corrected chi connectivity index (χ0v) is 13.2. The maximum Gasteiger partial charge on any atom is 0.323 e. The topological polar surface area (TPSA) is 69.6 Å². The van der Waals surface area contributed by atoms with E-state index in [-0.39, 0.29) is 12.6 Å². The SMILES string of the molecule is CCCN(CC(=O)O)C(=O)NCCc1ccc(Cl)cc1Cl. The quantitative estimate of drug-likeness (QED) is 0.806. The number of urea groups is 1. The number of benzene rings is 1. The molecule has 0 bridgehead atoms. The Morgan fingerprint density at radius 3 is 2.62 bits per heavy atom. The first-order valence-electron chi connectivity index (χ1n) is 6.62. The van der Waals surface area contributed by atoms with Gasteiger partial charge in [-0.05, 0) is 30.5 Å². The minimum absolute atomic E-state index is 0.304. The third kappa shape index (κ3) is 6.23. The summed E-state index contributed by atoms with van der Waals surface area (Å²) in [5, 5.41) is 12.6. The summed E-state index contributed by atoms with van der Waals surface area (Å²) in [7, 11) is 0. The highest BCUT2D eigenvalue weighted by molar-refractivity contribution is 6.35. The molecule has 0 unspecified atom stereocenters. The van der Waals surface area contributed by atoms with E-state index in [0.29, 0.717) is 36.0 Å². The standard InChI is InChI=1S/C14H18Cl2N2O3/c1-2-7-18(9-13(19)20)14(21)17-6-5-10-3-4-11(15)8-12(10)16/h3-4,8H,2,5-7,9H2,1H3,(H,17,21)(H,19,20). The van der Waals surface area contributed by atoms with Crippen molar-refractivity contribution >= 4 is 35.2 Å². The summed E-state index contributed by atoms with van der Waals surface area (Å²) in [6, 6.07) is 4.80. The molecule has 0 saturated heterocycles. The predicted octanol–water partition coefficient (Wildman–Crippen LogP) is 3.04. The number of halogens is 2. The van der Waals surface area contributed by atoms with Crippen molar-refractivity contribution in [3.63, 3.8) is 0 Å². The molecular weight excluding hydrogens is 315 g/mol. The molecule has 7 heteroatoms. The van der Waals surface area contributed by atoms with Crippen LogP contribution in [0.5, 0.6) is 0 Å². The van der Waals surface area contributed by atoms with Crippen molar-refractivity contribution in [2.24, 2.45) is 0 Å². The average molecular weight is 333 g/mol. The molecule has 0 radical (unpaired) electrons. The van der Waals surface area contributed by atoms with Gasteiger partial charge < -0.3 is 15.3 Å². The van der Waals surface area contributed by atoms with Gasteiger partial charge in [-0.1, -0.05) is 36.2 Å². The van der Waals surface area contributed by atoms with E-state index in [1.807, 2.05) is 6.92 Å². The molecule has 0 spiro atoms. The summed E-state index contributed by atoms with van der Waals surface area (Å²) in [5.41, 5.74) is 0.877. The summed E-state index contributed by atoms with van der Waals surface area (Å²) < 4.78 is 0. The fraction of sp³-hybridized carbons (Fsp3) is 0.429. The molecule has 0 aromatic heterocycles. The van der Waals surface area contributed by atoms with Crippen molar-refractivity contribution < 1.29 is 14.7 Å². The van der Waals surface area contributed by atoms with Crippen LogP contribution in [0.4, 0.5) is 4.79 Å². The van der Waals surface area contributed by atoms with Crippen molar-refractivity contribution in [1.82, 2.24) is 10.2 Å². The van der Waals surface area contributed by atoms with Crippen molar-refractivity contribution in [3.8, 4) is 0 Å². The molecule has 2 amide bonds. The molecule has 0 saturated carbocycles. The van der Waals surface area contributed by atoms with Gasteiger partial charge in [0, 0.05) is 23.1 Å². The van der Waals surface area contributed by atoms with E-state index in [1.165, 1.54) is 4.90 Å². The lowest BCUT2D eigenvalue weighted by Crippen LogP contribution is -2.43. The van der Waals surface area contributed by atoms with Crippen molar-refractivity contribution in [3.05, 3.63) is 33.8 Å². The van der Waals surface area contributed by atoms with Crippen molar-refractivity contribution in [2.45, 2.75) is 19.8 Å². The number of carboxylic acid groups (broad SMARTS) is 1. The number of nitrogens with zero attached hydrogens (tertiary/aromatic N) is 1. The number of amides is 2. The maximum absolute atomic E-state index is 11.9. The lowest BCUT2D eigenvalue weighted by atomic mass is 10.1. The van der Waals surface area contributed by atoms with E-state index >= 15 is 0 Å². The van der Waals surface area contributed by atoms with E-state index < -0.39 is 5.97 Å². The number of carboxylic acids is 1.